The smallest absolute Gasteiger partial charge is 0.349 e. The van der Waals surface area contributed by atoms with Crippen molar-refractivity contribution in [3.63, 3.8) is 0 Å². The van der Waals surface area contributed by atoms with Gasteiger partial charge in [0.1, 0.15) is 6.10 Å². The molecule has 0 amide bonds. The number of ether oxygens (including phenoxy) is 1. The molecule has 120 valence electrons. The first-order valence-electron chi connectivity index (χ1n) is 7.63. The molecule has 0 N–H and O–H groups in total. The van der Waals surface area contributed by atoms with E-state index in [1.807, 2.05) is 0 Å². The fourth-order valence-electron chi connectivity index (χ4n) is 3.92. The summed E-state index contributed by atoms with van der Waals surface area (Å²) in [6.45, 7) is 18.4. The van der Waals surface area contributed by atoms with Gasteiger partial charge in [-0.2, -0.15) is 0 Å². The quantitative estimate of drug-likeness (QED) is 0.444. The van der Waals surface area contributed by atoms with E-state index >= 15 is 0 Å². The van der Waals surface area contributed by atoms with E-state index in [1.54, 1.807) is 0 Å². The molecule has 1 heterocycles. The summed E-state index contributed by atoms with van der Waals surface area (Å²) in [5.74, 6) is 0.139. The maximum absolute atomic E-state index is 10.6. The molecule has 0 aromatic carbocycles. The first-order valence-corrected chi connectivity index (χ1v) is 9.45. The first-order chi connectivity index (χ1) is 9.53. The second kappa shape index (κ2) is 5.21. The van der Waals surface area contributed by atoms with Gasteiger partial charge in [-0.1, -0.05) is 48.1 Å². The van der Waals surface area contributed by atoms with Crippen LogP contribution < -0.4 is 0 Å². The molecule has 0 aromatic rings. The third-order valence-electron chi connectivity index (χ3n) is 4.76. The predicted molar refractivity (Wildman–Crippen MR) is 84.2 cm³/mol. The maximum atomic E-state index is 10.6. The largest absolute Gasteiger partial charge is 0.460 e. The van der Waals surface area contributed by atoms with Crippen molar-refractivity contribution >= 4 is 15.0 Å². The summed E-state index contributed by atoms with van der Waals surface area (Å²) < 4.78 is 18.2. The molecule has 5 heteroatoms. The third-order valence-corrected chi connectivity index (χ3v) is 9.92. The van der Waals surface area contributed by atoms with Gasteiger partial charge in [-0.25, -0.2) is 0 Å². The van der Waals surface area contributed by atoms with Crippen LogP contribution in [-0.2, 0) is 18.4 Å². The van der Waals surface area contributed by atoms with E-state index in [2.05, 4.69) is 48.1 Å². The Morgan fingerprint density at radius 2 is 1.81 bits per heavy atom. The topological polar surface area (TPSA) is 44.8 Å². The summed E-state index contributed by atoms with van der Waals surface area (Å²) >= 11 is 0. The van der Waals surface area contributed by atoms with E-state index in [9.17, 15) is 4.79 Å². The van der Waals surface area contributed by atoms with Gasteiger partial charge >= 0.3 is 8.56 Å². The van der Waals surface area contributed by atoms with E-state index in [0.29, 0.717) is 19.5 Å². The van der Waals surface area contributed by atoms with Crippen molar-refractivity contribution in [3.05, 3.63) is 12.2 Å². The standard InChI is InChI=1S/C16H28O4Si/c1-11-12-9-19-21(15(2,3)4,16(5,6)7)20-14(12)8-13(11)18-10-17/h10,12-14H,1,8-9H2,2-7H3. The highest BCUT2D eigenvalue weighted by atomic mass is 28.4. The Morgan fingerprint density at radius 3 is 2.29 bits per heavy atom. The molecule has 0 spiro atoms. The molecular formula is C16H28O4Si. The number of fused-ring (bicyclic) bond motifs is 1. The minimum atomic E-state index is -2.44. The molecule has 1 aliphatic carbocycles. The fraction of sp³-hybridized carbons (Fsp3) is 0.812. The van der Waals surface area contributed by atoms with Crippen molar-refractivity contribution in [3.8, 4) is 0 Å². The van der Waals surface area contributed by atoms with Crippen LogP contribution in [0.5, 0.6) is 0 Å². The molecule has 0 bridgehead atoms. The highest BCUT2D eigenvalue weighted by molar-refractivity contribution is 6.73. The summed E-state index contributed by atoms with van der Waals surface area (Å²) in [7, 11) is -2.44. The van der Waals surface area contributed by atoms with Gasteiger partial charge in [-0.3, -0.25) is 4.79 Å². The highest BCUT2D eigenvalue weighted by Gasteiger charge is 2.63. The average Bonchev–Trinajstić information content (AvgIpc) is 2.63. The highest BCUT2D eigenvalue weighted by Crippen LogP contribution is 2.56. The lowest BCUT2D eigenvalue weighted by Crippen LogP contribution is -2.62. The lowest BCUT2D eigenvalue weighted by Gasteiger charge is -2.53. The Balaban J connectivity index is 2.29. The van der Waals surface area contributed by atoms with Gasteiger partial charge in [-0.15, -0.1) is 0 Å². The Bertz CT molecular complexity index is 419. The Kier molecular flexibility index (Phi) is 4.15. The van der Waals surface area contributed by atoms with Gasteiger partial charge in [0, 0.05) is 29.0 Å². The van der Waals surface area contributed by atoms with E-state index < -0.39 is 8.56 Å². The van der Waals surface area contributed by atoms with Crippen LogP contribution >= 0.6 is 0 Å². The van der Waals surface area contributed by atoms with Crippen LogP contribution in [0.4, 0.5) is 0 Å². The zero-order valence-corrected chi connectivity index (χ0v) is 15.1. The van der Waals surface area contributed by atoms with Crippen LogP contribution in [0, 0.1) is 5.92 Å². The Hall–Kier alpha value is -0.653. The molecular weight excluding hydrogens is 284 g/mol. The lowest BCUT2D eigenvalue weighted by atomic mass is 10.0. The monoisotopic (exact) mass is 312 g/mol. The number of carbonyl (C=O) groups is 1. The number of carbonyl (C=O) groups excluding carboxylic acids is 1. The van der Waals surface area contributed by atoms with Gasteiger partial charge in [0.2, 0.25) is 0 Å². The van der Waals surface area contributed by atoms with Crippen LogP contribution in [0.25, 0.3) is 0 Å². The van der Waals surface area contributed by atoms with Gasteiger partial charge in [0.25, 0.3) is 6.47 Å². The van der Waals surface area contributed by atoms with Crippen LogP contribution in [0.1, 0.15) is 48.0 Å². The molecule has 2 fully saturated rings. The predicted octanol–water partition coefficient (Wildman–Crippen LogP) is 3.56. The molecule has 2 aliphatic rings. The summed E-state index contributed by atoms with van der Waals surface area (Å²) in [5, 5.41) is -0.0533. The second-order valence-corrected chi connectivity index (χ2v) is 13.0. The molecule has 0 aromatic heterocycles. The van der Waals surface area contributed by atoms with Crippen molar-refractivity contribution in [1.29, 1.82) is 0 Å². The summed E-state index contributed by atoms with van der Waals surface area (Å²) in [5.41, 5.74) is 0.928. The third kappa shape index (κ3) is 2.60. The first kappa shape index (κ1) is 16.7. The van der Waals surface area contributed by atoms with Gasteiger partial charge in [-0.05, 0) is 5.57 Å². The lowest BCUT2D eigenvalue weighted by molar-refractivity contribution is -0.132. The zero-order chi connectivity index (χ0) is 16.1. The van der Waals surface area contributed by atoms with E-state index in [-0.39, 0.29) is 28.2 Å². The van der Waals surface area contributed by atoms with E-state index in [1.165, 1.54) is 0 Å². The number of hydrogen-bond acceptors (Lipinski definition) is 4. The minimum absolute atomic E-state index is 0.0266. The fourth-order valence-corrected chi connectivity index (χ4v) is 8.92. The molecule has 2 rings (SSSR count). The van der Waals surface area contributed by atoms with Gasteiger partial charge < -0.3 is 13.6 Å². The molecule has 0 radical (unpaired) electrons. The van der Waals surface area contributed by atoms with Gasteiger partial charge in [0.15, 0.2) is 0 Å². The number of hydrogen-bond donors (Lipinski definition) is 0. The van der Waals surface area contributed by atoms with Gasteiger partial charge in [0.05, 0.1) is 6.10 Å². The summed E-state index contributed by atoms with van der Waals surface area (Å²) in [6, 6.07) is 0. The molecule has 1 saturated heterocycles. The Morgan fingerprint density at radius 1 is 1.24 bits per heavy atom. The molecule has 1 aliphatic heterocycles. The van der Waals surface area contributed by atoms with Crippen LogP contribution in [0.15, 0.2) is 12.2 Å². The normalized spacial score (nSPS) is 32.7. The number of rotatable bonds is 2. The summed E-state index contributed by atoms with van der Waals surface area (Å²) in [4.78, 5) is 10.6. The minimum Gasteiger partial charge on any atom is -0.460 e. The maximum Gasteiger partial charge on any atom is 0.349 e. The van der Waals surface area contributed by atoms with Crippen molar-refractivity contribution in [1.82, 2.24) is 0 Å². The summed E-state index contributed by atoms with van der Waals surface area (Å²) in [6.07, 6.45) is 0.527. The van der Waals surface area contributed by atoms with Crippen LogP contribution in [0.3, 0.4) is 0 Å². The Labute approximate surface area is 129 Å². The molecule has 1 saturated carbocycles. The van der Waals surface area contributed by atoms with Crippen molar-refractivity contribution in [2.75, 3.05) is 6.61 Å². The average molecular weight is 312 g/mol. The molecule has 3 atom stereocenters. The SMILES string of the molecule is C=C1C(OC=O)CC2O[Si](C(C)(C)C)(C(C)(C)C)OCC12. The molecule has 4 nitrogen and oxygen atoms in total. The zero-order valence-electron chi connectivity index (χ0n) is 14.1. The molecule has 3 unspecified atom stereocenters. The van der Waals surface area contributed by atoms with E-state index in [4.69, 9.17) is 13.6 Å². The van der Waals surface area contributed by atoms with Crippen LogP contribution in [0.2, 0.25) is 10.1 Å². The van der Waals surface area contributed by atoms with Crippen LogP contribution in [-0.4, -0.2) is 33.8 Å². The molecule has 21 heavy (non-hydrogen) atoms. The van der Waals surface area contributed by atoms with Crippen molar-refractivity contribution in [2.24, 2.45) is 5.92 Å². The van der Waals surface area contributed by atoms with Crippen molar-refractivity contribution in [2.45, 2.75) is 70.2 Å². The second-order valence-electron chi connectivity index (χ2n) is 8.22. The van der Waals surface area contributed by atoms with E-state index in [0.717, 1.165) is 5.57 Å². The van der Waals surface area contributed by atoms with Crippen molar-refractivity contribution < 1.29 is 18.4 Å².